The van der Waals surface area contributed by atoms with Gasteiger partial charge in [-0.3, -0.25) is 4.79 Å². The van der Waals surface area contributed by atoms with Gasteiger partial charge in [0.05, 0.1) is 5.41 Å². The fraction of sp³-hybridized carbons (Fsp3) is 0.500. The Balaban J connectivity index is 1.87. The van der Waals surface area contributed by atoms with Gasteiger partial charge in [0.25, 0.3) is 0 Å². The number of hydrogen-bond acceptors (Lipinski definition) is 2. The van der Waals surface area contributed by atoms with Gasteiger partial charge in [0.1, 0.15) is 6.04 Å². The molecule has 0 aromatic heterocycles. The Kier molecular flexibility index (Phi) is 3.44. The Labute approximate surface area is 128 Å². The maximum atomic E-state index is 12.9. The first-order valence-corrected chi connectivity index (χ1v) is 7.62. The zero-order valence-corrected chi connectivity index (χ0v) is 12.6. The Morgan fingerprint density at radius 1 is 1.29 bits per heavy atom. The summed E-state index contributed by atoms with van der Waals surface area (Å²) in [7, 11) is 0. The summed E-state index contributed by atoms with van der Waals surface area (Å²) in [6.07, 6.45) is 2.10. The predicted molar refractivity (Wildman–Crippen MR) is 79.3 cm³/mol. The van der Waals surface area contributed by atoms with Gasteiger partial charge in [-0.1, -0.05) is 30.7 Å². The van der Waals surface area contributed by atoms with Gasteiger partial charge in [-0.2, -0.15) is 0 Å². The van der Waals surface area contributed by atoms with Crippen molar-refractivity contribution in [2.75, 3.05) is 6.54 Å². The lowest BCUT2D eigenvalue weighted by Gasteiger charge is -2.27. The van der Waals surface area contributed by atoms with E-state index in [1.807, 2.05) is 19.1 Å². The Morgan fingerprint density at radius 2 is 1.90 bits per heavy atom. The van der Waals surface area contributed by atoms with Gasteiger partial charge in [0.15, 0.2) is 0 Å². The van der Waals surface area contributed by atoms with E-state index < -0.39 is 17.4 Å². The molecule has 1 amide bonds. The van der Waals surface area contributed by atoms with E-state index in [4.69, 9.17) is 11.6 Å². The maximum absolute atomic E-state index is 12.9. The summed E-state index contributed by atoms with van der Waals surface area (Å²) in [6, 6.07) is 6.64. The van der Waals surface area contributed by atoms with Gasteiger partial charge in [0.2, 0.25) is 5.91 Å². The predicted octanol–water partition coefficient (Wildman–Crippen LogP) is 2.69. The Bertz CT molecular complexity index is 580. The lowest BCUT2D eigenvalue weighted by atomic mass is 9.94. The molecule has 2 fully saturated rings. The summed E-state index contributed by atoms with van der Waals surface area (Å²) in [5.74, 6) is -0.711. The van der Waals surface area contributed by atoms with Crippen molar-refractivity contribution in [2.24, 2.45) is 5.92 Å². The van der Waals surface area contributed by atoms with Crippen LogP contribution in [0.15, 0.2) is 24.3 Å². The number of halogens is 1. The molecular weight excluding hydrogens is 290 g/mol. The molecule has 2 atom stereocenters. The first-order chi connectivity index (χ1) is 9.94. The molecule has 1 saturated carbocycles. The highest BCUT2D eigenvalue weighted by atomic mass is 35.5. The van der Waals surface area contributed by atoms with Crippen LogP contribution in [0.3, 0.4) is 0 Å². The zero-order chi connectivity index (χ0) is 15.2. The van der Waals surface area contributed by atoms with E-state index in [-0.39, 0.29) is 11.8 Å². The van der Waals surface area contributed by atoms with Crippen LogP contribution in [0.25, 0.3) is 0 Å². The Morgan fingerprint density at radius 3 is 2.43 bits per heavy atom. The van der Waals surface area contributed by atoms with Crippen LogP contribution in [0.1, 0.15) is 31.7 Å². The summed E-state index contributed by atoms with van der Waals surface area (Å²) >= 11 is 5.90. The largest absolute Gasteiger partial charge is 0.480 e. The lowest BCUT2D eigenvalue weighted by molar-refractivity contribution is -0.149. The van der Waals surface area contributed by atoms with Gasteiger partial charge in [-0.05, 0) is 42.9 Å². The van der Waals surface area contributed by atoms with Crippen LogP contribution < -0.4 is 0 Å². The molecule has 0 spiro atoms. The van der Waals surface area contributed by atoms with E-state index in [1.54, 1.807) is 17.0 Å². The second kappa shape index (κ2) is 5.02. The number of nitrogens with zero attached hydrogens (tertiary/aromatic N) is 1. The van der Waals surface area contributed by atoms with Crippen LogP contribution >= 0.6 is 11.6 Å². The molecule has 21 heavy (non-hydrogen) atoms. The third-order valence-electron chi connectivity index (χ3n) is 4.61. The summed E-state index contributed by atoms with van der Waals surface area (Å²) in [5, 5.41) is 9.97. The van der Waals surface area contributed by atoms with E-state index in [2.05, 4.69) is 0 Å². The second-order valence-electron chi connectivity index (χ2n) is 6.24. The summed E-state index contributed by atoms with van der Waals surface area (Å²) in [5.41, 5.74) is 0.420. The van der Waals surface area contributed by atoms with E-state index in [0.717, 1.165) is 18.4 Å². The highest BCUT2D eigenvalue weighted by Gasteiger charge is 2.55. The quantitative estimate of drug-likeness (QED) is 0.934. The smallest absolute Gasteiger partial charge is 0.326 e. The van der Waals surface area contributed by atoms with Crippen molar-refractivity contribution in [3.8, 4) is 0 Å². The van der Waals surface area contributed by atoms with E-state index >= 15 is 0 Å². The van der Waals surface area contributed by atoms with Crippen LogP contribution in [0.4, 0.5) is 0 Å². The van der Waals surface area contributed by atoms with Crippen molar-refractivity contribution in [1.29, 1.82) is 0 Å². The van der Waals surface area contributed by atoms with Gasteiger partial charge in [0, 0.05) is 11.6 Å². The molecule has 4 nitrogen and oxygen atoms in total. The average Bonchev–Trinajstić information content (AvgIpc) is 3.15. The van der Waals surface area contributed by atoms with Gasteiger partial charge in [-0.15, -0.1) is 0 Å². The standard InChI is InChI=1S/C16H18ClNO3/c1-10-8-13(14(19)20)18(9-10)15(21)16(6-7-16)11-2-4-12(17)5-3-11/h2-5,10,13H,6-9H2,1H3,(H,19,20)/t10-,13+/m1/s1. The maximum Gasteiger partial charge on any atom is 0.326 e. The minimum absolute atomic E-state index is 0.0402. The number of carboxylic acid groups (broad SMARTS) is 1. The molecule has 0 radical (unpaired) electrons. The van der Waals surface area contributed by atoms with Gasteiger partial charge >= 0.3 is 5.97 Å². The number of rotatable bonds is 3. The molecule has 5 heteroatoms. The summed E-state index contributed by atoms with van der Waals surface area (Å²) in [4.78, 5) is 25.8. The summed E-state index contributed by atoms with van der Waals surface area (Å²) < 4.78 is 0. The number of aliphatic carboxylic acids is 1. The van der Waals surface area contributed by atoms with Crippen molar-refractivity contribution in [1.82, 2.24) is 4.90 Å². The van der Waals surface area contributed by atoms with Crippen LogP contribution in [0.5, 0.6) is 0 Å². The molecule has 1 aliphatic carbocycles. The molecule has 1 N–H and O–H groups in total. The molecule has 112 valence electrons. The fourth-order valence-corrected chi connectivity index (χ4v) is 3.43. The normalized spacial score (nSPS) is 26.7. The molecule has 1 heterocycles. The number of carboxylic acids is 1. The van der Waals surface area contributed by atoms with E-state index in [9.17, 15) is 14.7 Å². The molecule has 3 rings (SSSR count). The highest BCUT2D eigenvalue weighted by Crippen LogP contribution is 2.50. The molecule has 1 aromatic rings. The van der Waals surface area contributed by atoms with Crippen molar-refractivity contribution in [3.05, 3.63) is 34.9 Å². The van der Waals surface area contributed by atoms with E-state index in [0.29, 0.717) is 18.0 Å². The topological polar surface area (TPSA) is 57.6 Å². The molecule has 0 bridgehead atoms. The van der Waals surface area contributed by atoms with Crippen molar-refractivity contribution in [3.63, 3.8) is 0 Å². The number of amides is 1. The number of carbonyl (C=O) groups excluding carboxylic acids is 1. The van der Waals surface area contributed by atoms with Crippen molar-refractivity contribution in [2.45, 2.75) is 37.6 Å². The highest BCUT2D eigenvalue weighted by molar-refractivity contribution is 6.30. The van der Waals surface area contributed by atoms with E-state index in [1.165, 1.54) is 0 Å². The van der Waals surface area contributed by atoms with Crippen LogP contribution in [0.2, 0.25) is 5.02 Å². The molecular formula is C16H18ClNO3. The van der Waals surface area contributed by atoms with Crippen molar-refractivity contribution >= 4 is 23.5 Å². The number of hydrogen-bond donors (Lipinski definition) is 1. The number of likely N-dealkylation sites (tertiary alicyclic amines) is 1. The van der Waals surface area contributed by atoms with Crippen LogP contribution in [-0.4, -0.2) is 34.5 Å². The molecule has 1 saturated heterocycles. The Hall–Kier alpha value is -1.55. The fourth-order valence-electron chi connectivity index (χ4n) is 3.30. The molecule has 0 unspecified atom stereocenters. The van der Waals surface area contributed by atoms with Gasteiger partial charge < -0.3 is 10.0 Å². The third-order valence-corrected chi connectivity index (χ3v) is 4.86. The number of carbonyl (C=O) groups is 2. The molecule has 1 aromatic carbocycles. The monoisotopic (exact) mass is 307 g/mol. The molecule has 2 aliphatic rings. The summed E-state index contributed by atoms with van der Waals surface area (Å²) in [6.45, 7) is 2.52. The third kappa shape index (κ3) is 2.42. The first-order valence-electron chi connectivity index (χ1n) is 7.24. The molecule has 1 aliphatic heterocycles. The minimum atomic E-state index is -0.903. The van der Waals surface area contributed by atoms with Crippen LogP contribution in [0, 0.1) is 5.92 Å². The van der Waals surface area contributed by atoms with Gasteiger partial charge in [-0.25, -0.2) is 4.79 Å². The minimum Gasteiger partial charge on any atom is -0.480 e. The average molecular weight is 308 g/mol. The zero-order valence-electron chi connectivity index (χ0n) is 11.9. The SMILES string of the molecule is C[C@@H]1C[C@@H](C(=O)O)N(C(=O)C2(c3ccc(Cl)cc3)CC2)C1. The van der Waals surface area contributed by atoms with Crippen LogP contribution in [-0.2, 0) is 15.0 Å². The number of benzene rings is 1. The first kappa shape index (κ1) is 14.4. The van der Waals surface area contributed by atoms with Crippen molar-refractivity contribution < 1.29 is 14.7 Å². The lowest BCUT2D eigenvalue weighted by Crippen LogP contribution is -2.45. The second-order valence-corrected chi connectivity index (χ2v) is 6.68.